The third kappa shape index (κ3) is 4.63. The second-order valence-electron chi connectivity index (χ2n) is 5.46. The summed E-state index contributed by atoms with van der Waals surface area (Å²) in [6.45, 7) is 3.09. The SMILES string of the molecule is CN(C(=O)CCCCCc1cccs1)C(C)(C)C(=O)O. The minimum atomic E-state index is -1.14. The first-order chi connectivity index (χ1) is 9.35. The molecule has 4 nitrogen and oxygen atoms in total. The molecule has 0 unspecified atom stereocenters. The number of carboxylic acid groups (broad SMARTS) is 1. The zero-order chi connectivity index (χ0) is 15.2. The largest absolute Gasteiger partial charge is 0.480 e. The van der Waals surface area contributed by atoms with Crippen molar-refractivity contribution in [2.75, 3.05) is 7.05 Å². The maximum absolute atomic E-state index is 12.0. The molecule has 0 aliphatic carbocycles. The van der Waals surface area contributed by atoms with Crippen LogP contribution in [0.4, 0.5) is 0 Å². The van der Waals surface area contributed by atoms with Gasteiger partial charge in [0.15, 0.2) is 0 Å². The van der Waals surface area contributed by atoms with Gasteiger partial charge in [-0.15, -0.1) is 11.3 Å². The van der Waals surface area contributed by atoms with Crippen LogP contribution in [0.1, 0.15) is 44.4 Å². The van der Waals surface area contributed by atoms with Crippen molar-refractivity contribution in [3.8, 4) is 0 Å². The maximum atomic E-state index is 12.0. The monoisotopic (exact) mass is 297 g/mol. The summed E-state index contributed by atoms with van der Waals surface area (Å²) in [6, 6.07) is 4.17. The quantitative estimate of drug-likeness (QED) is 0.750. The summed E-state index contributed by atoms with van der Waals surface area (Å²) in [5.41, 5.74) is -1.14. The number of carbonyl (C=O) groups is 2. The Bertz CT molecular complexity index is 440. The number of amides is 1. The molecule has 0 aromatic carbocycles. The Hall–Kier alpha value is -1.36. The molecular weight excluding hydrogens is 274 g/mol. The molecule has 112 valence electrons. The fourth-order valence-electron chi connectivity index (χ4n) is 1.83. The molecule has 0 spiro atoms. The van der Waals surface area contributed by atoms with Crippen LogP contribution in [0.25, 0.3) is 0 Å². The zero-order valence-electron chi connectivity index (χ0n) is 12.4. The number of hydrogen-bond acceptors (Lipinski definition) is 3. The molecular formula is C15H23NO3S. The van der Waals surface area contributed by atoms with Gasteiger partial charge < -0.3 is 10.0 Å². The van der Waals surface area contributed by atoms with E-state index in [1.807, 2.05) is 6.07 Å². The van der Waals surface area contributed by atoms with Gasteiger partial charge in [0, 0.05) is 18.3 Å². The lowest BCUT2D eigenvalue weighted by molar-refractivity contribution is -0.155. The average Bonchev–Trinajstić information content (AvgIpc) is 2.90. The van der Waals surface area contributed by atoms with Crippen LogP contribution >= 0.6 is 11.3 Å². The summed E-state index contributed by atoms with van der Waals surface area (Å²) in [5, 5.41) is 11.2. The van der Waals surface area contributed by atoms with Crippen LogP contribution in [0, 0.1) is 0 Å². The van der Waals surface area contributed by atoms with Crippen molar-refractivity contribution >= 4 is 23.2 Å². The zero-order valence-corrected chi connectivity index (χ0v) is 13.2. The Balaban J connectivity index is 2.24. The van der Waals surface area contributed by atoms with Gasteiger partial charge in [-0.25, -0.2) is 4.79 Å². The van der Waals surface area contributed by atoms with Crippen LogP contribution in [-0.2, 0) is 16.0 Å². The first-order valence-corrected chi connectivity index (χ1v) is 7.76. The second-order valence-corrected chi connectivity index (χ2v) is 6.49. The van der Waals surface area contributed by atoms with Gasteiger partial charge in [-0.2, -0.15) is 0 Å². The molecule has 0 bridgehead atoms. The highest BCUT2D eigenvalue weighted by molar-refractivity contribution is 7.09. The Morgan fingerprint density at radius 3 is 2.55 bits per heavy atom. The van der Waals surface area contributed by atoms with E-state index < -0.39 is 11.5 Å². The van der Waals surface area contributed by atoms with Crippen LogP contribution in [0.15, 0.2) is 17.5 Å². The van der Waals surface area contributed by atoms with Gasteiger partial charge in [0.2, 0.25) is 5.91 Å². The number of aliphatic carboxylic acids is 1. The minimum absolute atomic E-state index is 0.103. The number of rotatable bonds is 8. The first-order valence-electron chi connectivity index (χ1n) is 6.88. The molecule has 5 heteroatoms. The van der Waals surface area contributed by atoms with E-state index in [1.165, 1.54) is 9.78 Å². The van der Waals surface area contributed by atoms with Gasteiger partial charge in [0.05, 0.1) is 0 Å². The van der Waals surface area contributed by atoms with Crippen molar-refractivity contribution in [3.05, 3.63) is 22.4 Å². The number of carboxylic acids is 1. The third-order valence-corrected chi connectivity index (χ3v) is 4.57. The van der Waals surface area contributed by atoms with Crippen molar-refractivity contribution in [3.63, 3.8) is 0 Å². The molecule has 0 aliphatic rings. The number of thiophene rings is 1. The summed E-state index contributed by atoms with van der Waals surface area (Å²) in [7, 11) is 1.56. The molecule has 1 heterocycles. The van der Waals surface area contributed by atoms with E-state index in [4.69, 9.17) is 5.11 Å². The Morgan fingerprint density at radius 2 is 2.00 bits per heavy atom. The summed E-state index contributed by atoms with van der Waals surface area (Å²) in [4.78, 5) is 25.7. The van der Waals surface area contributed by atoms with E-state index in [0.29, 0.717) is 6.42 Å². The maximum Gasteiger partial charge on any atom is 0.329 e. The fourth-order valence-corrected chi connectivity index (χ4v) is 2.58. The van der Waals surface area contributed by atoms with Crippen LogP contribution in [0.5, 0.6) is 0 Å². The van der Waals surface area contributed by atoms with Crippen LogP contribution in [0.2, 0.25) is 0 Å². The average molecular weight is 297 g/mol. The Labute approximate surface area is 124 Å². The van der Waals surface area contributed by atoms with Crippen LogP contribution < -0.4 is 0 Å². The van der Waals surface area contributed by atoms with Gasteiger partial charge in [-0.3, -0.25) is 4.79 Å². The number of unbranched alkanes of at least 4 members (excludes halogenated alkanes) is 2. The molecule has 0 saturated heterocycles. The molecule has 0 radical (unpaired) electrons. The normalized spacial score (nSPS) is 11.3. The summed E-state index contributed by atoms with van der Waals surface area (Å²) >= 11 is 1.76. The molecule has 0 saturated carbocycles. The highest BCUT2D eigenvalue weighted by atomic mass is 32.1. The molecule has 1 aromatic heterocycles. The fraction of sp³-hybridized carbons (Fsp3) is 0.600. The lowest BCUT2D eigenvalue weighted by Gasteiger charge is -2.31. The van der Waals surface area contributed by atoms with Gasteiger partial charge in [0.25, 0.3) is 0 Å². The predicted molar refractivity (Wildman–Crippen MR) is 81.0 cm³/mol. The molecule has 1 aromatic rings. The lowest BCUT2D eigenvalue weighted by Crippen LogP contribution is -2.50. The number of nitrogens with zero attached hydrogens (tertiary/aromatic N) is 1. The second kappa shape index (κ2) is 7.43. The lowest BCUT2D eigenvalue weighted by atomic mass is 10.0. The van der Waals surface area contributed by atoms with Crippen molar-refractivity contribution in [1.82, 2.24) is 4.90 Å². The van der Waals surface area contributed by atoms with Crippen molar-refractivity contribution in [2.24, 2.45) is 0 Å². The topological polar surface area (TPSA) is 57.6 Å². The summed E-state index contributed by atoms with van der Waals surface area (Å²) in [5.74, 6) is -1.08. The van der Waals surface area contributed by atoms with E-state index in [2.05, 4.69) is 11.4 Å². The van der Waals surface area contributed by atoms with E-state index >= 15 is 0 Å². The first kappa shape index (κ1) is 16.7. The molecule has 0 fully saturated rings. The van der Waals surface area contributed by atoms with Crippen LogP contribution in [0.3, 0.4) is 0 Å². The highest BCUT2D eigenvalue weighted by Crippen LogP contribution is 2.16. The molecule has 0 aliphatic heterocycles. The van der Waals surface area contributed by atoms with Crippen LogP contribution in [-0.4, -0.2) is 34.5 Å². The highest BCUT2D eigenvalue weighted by Gasteiger charge is 2.34. The van der Waals surface area contributed by atoms with Crippen molar-refractivity contribution < 1.29 is 14.7 Å². The van der Waals surface area contributed by atoms with E-state index in [-0.39, 0.29) is 5.91 Å². The summed E-state index contributed by atoms with van der Waals surface area (Å²) < 4.78 is 0. The van der Waals surface area contributed by atoms with Gasteiger partial charge in [-0.1, -0.05) is 12.5 Å². The summed E-state index contributed by atoms with van der Waals surface area (Å²) in [6.07, 6.45) is 4.34. The molecule has 20 heavy (non-hydrogen) atoms. The van der Waals surface area contributed by atoms with Gasteiger partial charge in [-0.05, 0) is 44.6 Å². The Morgan fingerprint density at radius 1 is 1.30 bits per heavy atom. The molecule has 1 rings (SSSR count). The minimum Gasteiger partial charge on any atom is -0.480 e. The van der Waals surface area contributed by atoms with E-state index in [0.717, 1.165) is 25.7 Å². The number of carbonyl (C=O) groups excluding carboxylic acids is 1. The standard InChI is InChI=1S/C15H23NO3S/c1-15(2,14(18)19)16(3)13(17)10-6-4-5-8-12-9-7-11-20-12/h7,9,11H,4-6,8,10H2,1-3H3,(H,18,19). The molecule has 0 atom stereocenters. The van der Waals surface area contributed by atoms with E-state index in [9.17, 15) is 9.59 Å². The number of aryl methyl sites for hydroxylation is 1. The van der Waals surface area contributed by atoms with Gasteiger partial charge >= 0.3 is 5.97 Å². The molecule has 1 amide bonds. The number of hydrogen-bond donors (Lipinski definition) is 1. The number of likely N-dealkylation sites (N-methyl/N-ethyl adjacent to an activating group) is 1. The molecule has 1 N–H and O–H groups in total. The Kier molecular flexibility index (Phi) is 6.20. The van der Waals surface area contributed by atoms with Gasteiger partial charge in [0.1, 0.15) is 5.54 Å². The van der Waals surface area contributed by atoms with Crippen molar-refractivity contribution in [1.29, 1.82) is 0 Å². The van der Waals surface area contributed by atoms with Crippen molar-refractivity contribution in [2.45, 2.75) is 51.5 Å². The van der Waals surface area contributed by atoms with E-state index in [1.54, 1.807) is 32.2 Å². The predicted octanol–water partition coefficient (Wildman–Crippen LogP) is 3.17. The third-order valence-electron chi connectivity index (χ3n) is 3.63. The smallest absolute Gasteiger partial charge is 0.329 e.